The topological polar surface area (TPSA) is 83.6 Å². The first-order valence-corrected chi connectivity index (χ1v) is 6.82. The molecule has 0 aliphatic rings. The maximum Gasteiger partial charge on any atom is 0.255 e. The Hall–Kier alpha value is -2.18. The summed E-state index contributed by atoms with van der Waals surface area (Å²) in [6.07, 6.45) is 3.33. The van der Waals surface area contributed by atoms with E-state index in [2.05, 4.69) is 15.1 Å². The van der Waals surface area contributed by atoms with Crippen LogP contribution in [0, 0.1) is 0 Å². The summed E-state index contributed by atoms with van der Waals surface area (Å²) in [6.45, 7) is 5.57. The molecule has 0 bridgehead atoms. The van der Waals surface area contributed by atoms with Gasteiger partial charge in [0.2, 0.25) is 11.8 Å². The molecule has 0 atom stereocenters. The first-order valence-electron chi connectivity index (χ1n) is 6.82. The normalized spacial score (nSPS) is 10.9. The summed E-state index contributed by atoms with van der Waals surface area (Å²) in [6, 6.07) is 1.45. The van der Waals surface area contributed by atoms with Crippen molar-refractivity contribution in [3.8, 4) is 5.88 Å². The van der Waals surface area contributed by atoms with Gasteiger partial charge in [-0.25, -0.2) is 4.98 Å². The molecule has 2 aromatic heterocycles. The molecule has 7 heteroatoms. The van der Waals surface area contributed by atoms with Gasteiger partial charge in [-0.05, 0) is 12.8 Å². The van der Waals surface area contributed by atoms with Crippen LogP contribution in [-0.2, 0) is 11.2 Å². The van der Waals surface area contributed by atoms with Gasteiger partial charge in [0.05, 0.1) is 12.1 Å². The van der Waals surface area contributed by atoms with E-state index in [0.29, 0.717) is 11.5 Å². The molecule has 2 heterocycles. The van der Waals surface area contributed by atoms with Crippen molar-refractivity contribution in [2.45, 2.75) is 33.1 Å². The molecule has 0 aromatic carbocycles. The molecule has 2 aromatic rings. The summed E-state index contributed by atoms with van der Waals surface area (Å²) in [4.78, 5) is 22.2. The third-order valence-corrected chi connectivity index (χ3v) is 2.96. The van der Waals surface area contributed by atoms with Crippen molar-refractivity contribution in [2.24, 2.45) is 0 Å². The van der Waals surface area contributed by atoms with Gasteiger partial charge in [-0.3, -0.25) is 4.79 Å². The van der Waals surface area contributed by atoms with Crippen LogP contribution in [0.3, 0.4) is 0 Å². The summed E-state index contributed by atoms with van der Waals surface area (Å²) in [5.74, 6) is 0.252. The molecule has 0 unspecified atom stereocenters. The van der Waals surface area contributed by atoms with Crippen LogP contribution in [0.5, 0.6) is 5.88 Å². The molecule has 0 saturated heterocycles. The maximum absolute atomic E-state index is 12.2. The SMILES string of the molecule is CCCN(CCC)C(=O)Cc1cc(O)n2ncnc2n1. The number of nitrogens with zero attached hydrogens (tertiary/aromatic N) is 5. The van der Waals surface area contributed by atoms with Crippen molar-refractivity contribution < 1.29 is 9.90 Å². The zero-order valence-corrected chi connectivity index (χ0v) is 11.8. The molecule has 0 aliphatic carbocycles. The Morgan fingerprint density at radius 2 is 2.05 bits per heavy atom. The first kappa shape index (κ1) is 14.2. The standard InChI is InChI=1S/C13H19N5O2/c1-3-5-17(6-4-2)11(19)7-10-8-12(20)18-13(16-10)14-9-15-18/h8-9,20H,3-7H2,1-2H3. The number of fused-ring (bicyclic) bond motifs is 1. The lowest BCUT2D eigenvalue weighted by Crippen LogP contribution is -2.33. The second-order valence-electron chi connectivity index (χ2n) is 4.64. The third kappa shape index (κ3) is 3.04. The smallest absolute Gasteiger partial charge is 0.255 e. The van der Waals surface area contributed by atoms with Crippen LogP contribution in [0.1, 0.15) is 32.4 Å². The highest BCUT2D eigenvalue weighted by molar-refractivity contribution is 5.78. The Kier molecular flexibility index (Phi) is 4.49. The van der Waals surface area contributed by atoms with E-state index in [0.717, 1.165) is 25.9 Å². The Balaban J connectivity index is 2.15. The fraction of sp³-hybridized carbons (Fsp3) is 0.538. The number of rotatable bonds is 6. The maximum atomic E-state index is 12.2. The Morgan fingerprint density at radius 1 is 1.35 bits per heavy atom. The predicted octanol–water partition coefficient (Wildman–Crippen LogP) is 1.02. The van der Waals surface area contributed by atoms with Crippen LogP contribution in [0.15, 0.2) is 12.4 Å². The van der Waals surface area contributed by atoms with Gasteiger partial charge in [-0.2, -0.15) is 14.6 Å². The molecule has 2 rings (SSSR count). The third-order valence-electron chi connectivity index (χ3n) is 2.96. The van der Waals surface area contributed by atoms with E-state index in [1.165, 1.54) is 16.9 Å². The van der Waals surface area contributed by atoms with Gasteiger partial charge in [0, 0.05) is 19.2 Å². The molecule has 0 radical (unpaired) electrons. The number of carbonyl (C=O) groups is 1. The highest BCUT2D eigenvalue weighted by atomic mass is 16.3. The molecule has 1 amide bonds. The highest BCUT2D eigenvalue weighted by Crippen LogP contribution is 2.12. The van der Waals surface area contributed by atoms with Crippen molar-refractivity contribution in [3.05, 3.63) is 18.1 Å². The fourth-order valence-corrected chi connectivity index (χ4v) is 2.10. The van der Waals surface area contributed by atoms with Gasteiger partial charge in [0.1, 0.15) is 6.33 Å². The molecular weight excluding hydrogens is 258 g/mol. The molecule has 0 fully saturated rings. The fourth-order valence-electron chi connectivity index (χ4n) is 2.10. The van der Waals surface area contributed by atoms with Crippen LogP contribution in [0.4, 0.5) is 0 Å². The van der Waals surface area contributed by atoms with Crippen LogP contribution < -0.4 is 0 Å². The van der Waals surface area contributed by atoms with E-state index in [4.69, 9.17) is 0 Å². The van der Waals surface area contributed by atoms with Crippen molar-refractivity contribution >= 4 is 11.7 Å². The van der Waals surface area contributed by atoms with E-state index in [1.54, 1.807) is 0 Å². The summed E-state index contributed by atoms with van der Waals surface area (Å²) in [5.41, 5.74) is 0.505. The zero-order valence-electron chi connectivity index (χ0n) is 11.8. The van der Waals surface area contributed by atoms with Gasteiger partial charge < -0.3 is 10.0 Å². The van der Waals surface area contributed by atoms with Crippen molar-refractivity contribution in [1.29, 1.82) is 0 Å². The number of aromatic hydroxyl groups is 1. The van der Waals surface area contributed by atoms with E-state index in [-0.39, 0.29) is 18.2 Å². The van der Waals surface area contributed by atoms with Crippen molar-refractivity contribution in [3.63, 3.8) is 0 Å². The minimum absolute atomic E-state index is 0.0180. The summed E-state index contributed by atoms with van der Waals surface area (Å²) in [7, 11) is 0. The molecule has 0 spiro atoms. The van der Waals surface area contributed by atoms with Crippen molar-refractivity contribution in [1.82, 2.24) is 24.5 Å². The number of aromatic nitrogens is 4. The van der Waals surface area contributed by atoms with E-state index in [1.807, 2.05) is 18.7 Å². The van der Waals surface area contributed by atoms with Crippen LogP contribution >= 0.6 is 0 Å². The minimum Gasteiger partial charge on any atom is -0.493 e. The van der Waals surface area contributed by atoms with Gasteiger partial charge in [-0.1, -0.05) is 13.8 Å². The Morgan fingerprint density at radius 3 is 2.70 bits per heavy atom. The molecule has 108 valence electrons. The average Bonchev–Trinajstić information content (AvgIpc) is 2.87. The molecular formula is C13H19N5O2. The predicted molar refractivity (Wildman–Crippen MR) is 73.3 cm³/mol. The largest absolute Gasteiger partial charge is 0.493 e. The number of hydrogen-bond acceptors (Lipinski definition) is 5. The molecule has 0 aliphatic heterocycles. The average molecular weight is 277 g/mol. The van der Waals surface area contributed by atoms with Gasteiger partial charge in [0.25, 0.3) is 5.78 Å². The second-order valence-corrected chi connectivity index (χ2v) is 4.64. The summed E-state index contributed by atoms with van der Waals surface area (Å²) in [5, 5.41) is 13.6. The summed E-state index contributed by atoms with van der Waals surface area (Å²) < 4.78 is 1.23. The monoisotopic (exact) mass is 277 g/mol. The minimum atomic E-state index is -0.0622. The Labute approximate surface area is 117 Å². The number of amides is 1. The second kappa shape index (κ2) is 6.31. The Bertz CT molecular complexity index is 589. The first-order chi connectivity index (χ1) is 9.65. The molecule has 7 nitrogen and oxygen atoms in total. The van der Waals surface area contributed by atoms with Gasteiger partial charge in [-0.15, -0.1) is 0 Å². The lowest BCUT2D eigenvalue weighted by molar-refractivity contribution is -0.130. The molecule has 1 N–H and O–H groups in total. The highest BCUT2D eigenvalue weighted by Gasteiger charge is 2.15. The van der Waals surface area contributed by atoms with Crippen LogP contribution in [-0.4, -0.2) is 48.6 Å². The lowest BCUT2D eigenvalue weighted by atomic mass is 10.2. The molecule has 20 heavy (non-hydrogen) atoms. The zero-order chi connectivity index (χ0) is 14.5. The lowest BCUT2D eigenvalue weighted by Gasteiger charge is -2.21. The molecule has 0 saturated carbocycles. The van der Waals surface area contributed by atoms with E-state index >= 15 is 0 Å². The van der Waals surface area contributed by atoms with E-state index in [9.17, 15) is 9.90 Å². The van der Waals surface area contributed by atoms with Gasteiger partial charge in [0.15, 0.2) is 0 Å². The quantitative estimate of drug-likeness (QED) is 0.852. The van der Waals surface area contributed by atoms with E-state index < -0.39 is 0 Å². The van der Waals surface area contributed by atoms with Crippen molar-refractivity contribution in [2.75, 3.05) is 13.1 Å². The van der Waals surface area contributed by atoms with Crippen LogP contribution in [0.25, 0.3) is 5.78 Å². The number of hydrogen-bond donors (Lipinski definition) is 1. The van der Waals surface area contributed by atoms with Crippen LogP contribution in [0.2, 0.25) is 0 Å². The number of carbonyl (C=O) groups excluding carboxylic acids is 1. The summed E-state index contributed by atoms with van der Waals surface area (Å²) >= 11 is 0. The van der Waals surface area contributed by atoms with Gasteiger partial charge >= 0.3 is 0 Å².